The van der Waals surface area contributed by atoms with Crippen LogP contribution in [0.5, 0.6) is 0 Å². The maximum absolute atomic E-state index is 12.8. The SMILES string of the molecule is O=C(CN1CCC(c2nnc(-c3ccoc3)o2)CC1)Nc1cccc(C(F)(F)F)c1. The molecule has 0 unspecified atom stereocenters. The Balaban J connectivity index is 1.28. The molecular weight excluding hydrogens is 401 g/mol. The van der Waals surface area contributed by atoms with E-state index in [-0.39, 0.29) is 24.1 Å². The molecule has 0 aliphatic carbocycles. The summed E-state index contributed by atoms with van der Waals surface area (Å²) < 4.78 is 49.1. The Hall–Kier alpha value is -3.14. The first-order valence-corrected chi connectivity index (χ1v) is 9.44. The Labute approximate surface area is 169 Å². The van der Waals surface area contributed by atoms with Gasteiger partial charge < -0.3 is 14.2 Å². The number of anilines is 1. The van der Waals surface area contributed by atoms with E-state index < -0.39 is 11.7 Å². The second-order valence-corrected chi connectivity index (χ2v) is 7.13. The largest absolute Gasteiger partial charge is 0.472 e. The lowest BCUT2D eigenvalue weighted by Gasteiger charge is -2.29. The lowest BCUT2D eigenvalue weighted by atomic mass is 9.97. The van der Waals surface area contributed by atoms with Crippen molar-refractivity contribution in [1.29, 1.82) is 0 Å². The third-order valence-corrected chi connectivity index (χ3v) is 4.99. The standard InChI is InChI=1S/C20H19F3N4O3/c21-20(22,23)15-2-1-3-16(10-15)24-17(28)11-27-7-4-13(5-8-27)18-25-26-19(30-18)14-6-9-29-12-14/h1-3,6,9-10,12-13H,4-5,7-8,11H2,(H,24,28). The Kier molecular flexibility index (Phi) is 5.58. The lowest BCUT2D eigenvalue weighted by Crippen LogP contribution is -2.38. The van der Waals surface area contributed by atoms with Crippen molar-refractivity contribution in [2.45, 2.75) is 24.9 Å². The van der Waals surface area contributed by atoms with Crippen molar-refractivity contribution in [3.05, 3.63) is 54.3 Å². The van der Waals surface area contributed by atoms with Crippen LogP contribution in [0, 0.1) is 0 Å². The van der Waals surface area contributed by atoms with E-state index in [0.717, 1.165) is 30.5 Å². The number of halogens is 3. The number of carbonyl (C=O) groups excluding carboxylic acids is 1. The fraction of sp³-hybridized carbons (Fsp3) is 0.350. The van der Waals surface area contributed by atoms with Gasteiger partial charge in [0.15, 0.2) is 0 Å². The molecule has 0 saturated carbocycles. The van der Waals surface area contributed by atoms with E-state index in [1.165, 1.54) is 24.7 Å². The van der Waals surface area contributed by atoms with Crippen molar-refractivity contribution in [3.8, 4) is 11.5 Å². The summed E-state index contributed by atoms with van der Waals surface area (Å²) >= 11 is 0. The van der Waals surface area contributed by atoms with Crippen LogP contribution >= 0.6 is 0 Å². The summed E-state index contributed by atoms with van der Waals surface area (Å²) in [5.41, 5.74) is 0.0512. The zero-order chi connectivity index (χ0) is 21.1. The summed E-state index contributed by atoms with van der Waals surface area (Å²) in [7, 11) is 0. The first-order chi connectivity index (χ1) is 14.4. The van der Waals surface area contributed by atoms with Gasteiger partial charge in [-0.05, 0) is 50.2 Å². The number of likely N-dealkylation sites (tertiary alicyclic amines) is 1. The van der Waals surface area contributed by atoms with Crippen molar-refractivity contribution < 1.29 is 26.8 Å². The number of carbonyl (C=O) groups is 1. The number of furan rings is 1. The van der Waals surface area contributed by atoms with Crippen LogP contribution in [0.1, 0.15) is 30.2 Å². The lowest BCUT2D eigenvalue weighted by molar-refractivity contribution is -0.137. The number of hydrogen-bond donors (Lipinski definition) is 1. The highest BCUT2D eigenvalue weighted by Gasteiger charge is 2.31. The Bertz CT molecular complexity index is 993. The fourth-order valence-corrected chi connectivity index (χ4v) is 3.42. The predicted molar refractivity (Wildman–Crippen MR) is 100 cm³/mol. The molecule has 1 aliphatic rings. The van der Waals surface area contributed by atoms with Crippen molar-refractivity contribution in [3.63, 3.8) is 0 Å². The Morgan fingerprint density at radius 1 is 1.20 bits per heavy atom. The molecule has 0 spiro atoms. The van der Waals surface area contributed by atoms with Gasteiger partial charge in [-0.3, -0.25) is 9.69 Å². The smallest absolute Gasteiger partial charge is 0.416 e. The molecule has 0 radical (unpaired) electrons. The van der Waals surface area contributed by atoms with E-state index in [4.69, 9.17) is 8.83 Å². The van der Waals surface area contributed by atoms with Gasteiger partial charge in [-0.25, -0.2) is 0 Å². The number of aromatic nitrogens is 2. The molecule has 30 heavy (non-hydrogen) atoms. The summed E-state index contributed by atoms with van der Waals surface area (Å²) in [6.07, 6.45) is 0.0909. The molecular formula is C20H19F3N4O3. The summed E-state index contributed by atoms with van der Waals surface area (Å²) in [4.78, 5) is 14.2. The molecule has 4 rings (SSSR count). The monoisotopic (exact) mass is 420 g/mol. The van der Waals surface area contributed by atoms with E-state index in [2.05, 4.69) is 15.5 Å². The van der Waals surface area contributed by atoms with Crippen LogP contribution in [-0.2, 0) is 11.0 Å². The number of nitrogens with one attached hydrogen (secondary N) is 1. The molecule has 1 N–H and O–H groups in total. The summed E-state index contributed by atoms with van der Waals surface area (Å²) in [6.45, 7) is 1.39. The molecule has 158 valence electrons. The molecule has 1 saturated heterocycles. The van der Waals surface area contributed by atoms with Crippen LogP contribution in [0.4, 0.5) is 18.9 Å². The van der Waals surface area contributed by atoms with Crippen LogP contribution in [-0.4, -0.2) is 40.6 Å². The number of amides is 1. The molecule has 1 fully saturated rings. The summed E-state index contributed by atoms with van der Waals surface area (Å²) in [5.74, 6) is 0.703. The predicted octanol–water partition coefficient (Wildman–Crippen LogP) is 4.17. The highest BCUT2D eigenvalue weighted by atomic mass is 19.4. The van der Waals surface area contributed by atoms with Crippen LogP contribution in [0.2, 0.25) is 0 Å². The zero-order valence-electron chi connectivity index (χ0n) is 15.9. The van der Waals surface area contributed by atoms with Crippen LogP contribution in [0.15, 0.2) is 51.7 Å². The van der Waals surface area contributed by atoms with Crippen LogP contribution in [0.3, 0.4) is 0 Å². The van der Waals surface area contributed by atoms with Crippen molar-refractivity contribution in [2.24, 2.45) is 0 Å². The quantitative estimate of drug-likeness (QED) is 0.667. The van der Waals surface area contributed by atoms with Crippen molar-refractivity contribution in [2.75, 3.05) is 25.0 Å². The molecule has 3 heterocycles. The molecule has 0 bridgehead atoms. The van der Waals surface area contributed by atoms with Gasteiger partial charge >= 0.3 is 6.18 Å². The van der Waals surface area contributed by atoms with E-state index in [1.807, 2.05) is 4.90 Å². The van der Waals surface area contributed by atoms with Crippen molar-refractivity contribution >= 4 is 11.6 Å². The first kappa shape index (κ1) is 20.1. The third kappa shape index (κ3) is 4.70. The average molecular weight is 420 g/mol. The van der Waals surface area contributed by atoms with Crippen LogP contribution < -0.4 is 5.32 Å². The summed E-state index contributed by atoms with van der Waals surface area (Å²) in [6, 6.07) is 6.34. The number of rotatable bonds is 5. The maximum Gasteiger partial charge on any atom is 0.416 e. The summed E-state index contributed by atoms with van der Waals surface area (Å²) in [5, 5.41) is 10.7. The number of hydrogen-bond acceptors (Lipinski definition) is 6. The van der Waals surface area contributed by atoms with Crippen molar-refractivity contribution in [1.82, 2.24) is 15.1 Å². The molecule has 1 aliphatic heterocycles. The molecule has 2 aromatic heterocycles. The zero-order valence-corrected chi connectivity index (χ0v) is 15.9. The van der Waals surface area contributed by atoms with Gasteiger partial charge in [0, 0.05) is 11.6 Å². The van der Waals surface area contributed by atoms with E-state index in [0.29, 0.717) is 24.9 Å². The van der Waals surface area contributed by atoms with Crippen LogP contribution in [0.25, 0.3) is 11.5 Å². The van der Waals surface area contributed by atoms with Gasteiger partial charge in [-0.2, -0.15) is 13.2 Å². The third-order valence-electron chi connectivity index (χ3n) is 4.99. The number of alkyl halides is 3. The average Bonchev–Trinajstić information content (AvgIpc) is 3.40. The van der Waals surface area contributed by atoms with Gasteiger partial charge in [0.25, 0.3) is 5.89 Å². The highest BCUT2D eigenvalue weighted by Crippen LogP contribution is 2.31. The number of nitrogens with zero attached hydrogens (tertiary/aromatic N) is 3. The molecule has 3 aromatic rings. The van der Waals surface area contributed by atoms with Gasteiger partial charge in [-0.15, -0.1) is 10.2 Å². The Morgan fingerprint density at radius 2 is 2.00 bits per heavy atom. The molecule has 7 nitrogen and oxygen atoms in total. The van der Waals surface area contributed by atoms with Gasteiger partial charge in [-0.1, -0.05) is 6.07 Å². The number of benzene rings is 1. The minimum absolute atomic E-state index is 0.0981. The maximum atomic E-state index is 12.8. The highest BCUT2D eigenvalue weighted by molar-refractivity contribution is 5.92. The minimum atomic E-state index is -4.45. The van der Waals surface area contributed by atoms with E-state index in [9.17, 15) is 18.0 Å². The molecule has 0 atom stereocenters. The van der Waals surface area contributed by atoms with Gasteiger partial charge in [0.05, 0.1) is 23.9 Å². The normalized spacial score (nSPS) is 16.0. The Morgan fingerprint density at radius 3 is 2.70 bits per heavy atom. The second-order valence-electron chi connectivity index (χ2n) is 7.13. The van der Waals surface area contributed by atoms with Gasteiger partial charge in [0.2, 0.25) is 11.8 Å². The topological polar surface area (TPSA) is 84.4 Å². The molecule has 10 heteroatoms. The molecule has 1 aromatic carbocycles. The molecule has 1 amide bonds. The van der Waals surface area contributed by atoms with Gasteiger partial charge in [0.1, 0.15) is 6.26 Å². The first-order valence-electron chi connectivity index (χ1n) is 9.44. The van der Waals surface area contributed by atoms with E-state index >= 15 is 0 Å². The fourth-order valence-electron chi connectivity index (χ4n) is 3.42. The minimum Gasteiger partial charge on any atom is -0.472 e. The second kappa shape index (κ2) is 8.31. The number of piperidine rings is 1. The van der Waals surface area contributed by atoms with E-state index in [1.54, 1.807) is 6.07 Å².